The minimum Gasteiger partial charge on any atom is -0.395 e. The molecule has 1 saturated heterocycles. The van der Waals surface area contributed by atoms with Crippen LogP contribution in [0.1, 0.15) is 16.8 Å². The van der Waals surface area contributed by atoms with Crippen LogP contribution in [0.5, 0.6) is 0 Å². The number of benzene rings is 1. The number of carbonyl (C=O) groups is 1. The number of hydrogen-bond acceptors (Lipinski definition) is 4. The first kappa shape index (κ1) is 15.6. The van der Waals surface area contributed by atoms with Crippen molar-refractivity contribution in [1.82, 2.24) is 9.80 Å². The Morgan fingerprint density at radius 2 is 1.95 bits per heavy atom. The molecule has 0 aromatic heterocycles. The molecule has 0 atom stereocenters. The molecule has 0 aliphatic carbocycles. The summed E-state index contributed by atoms with van der Waals surface area (Å²) >= 11 is 3.40. The van der Waals surface area contributed by atoms with Crippen LogP contribution in [0.4, 0.5) is 0 Å². The third-order valence-electron chi connectivity index (χ3n) is 3.61. The molecule has 1 N–H and O–H groups in total. The molecule has 0 spiro atoms. The van der Waals surface area contributed by atoms with Gasteiger partial charge in [0.2, 0.25) is 0 Å². The lowest BCUT2D eigenvalue weighted by atomic mass is 10.1. The van der Waals surface area contributed by atoms with E-state index in [0.29, 0.717) is 6.54 Å². The zero-order valence-corrected chi connectivity index (χ0v) is 13.2. The summed E-state index contributed by atoms with van der Waals surface area (Å²) in [6.45, 7) is 5.17. The lowest BCUT2D eigenvalue weighted by Crippen LogP contribution is -2.35. The molecular formula is C15H21BrN2O2. The maximum absolute atomic E-state index is 12.3. The Morgan fingerprint density at radius 1 is 1.20 bits per heavy atom. The number of ketones is 1. The first-order chi connectivity index (χ1) is 9.69. The molecule has 5 heteroatoms. The van der Waals surface area contributed by atoms with Gasteiger partial charge in [0.05, 0.1) is 13.2 Å². The summed E-state index contributed by atoms with van der Waals surface area (Å²) in [7, 11) is 0. The van der Waals surface area contributed by atoms with Gasteiger partial charge >= 0.3 is 0 Å². The zero-order valence-electron chi connectivity index (χ0n) is 11.6. The van der Waals surface area contributed by atoms with Crippen LogP contribution < -0.4 is 0 Å². The maximum Gasteiger partial charge on any atom is 0.176 e. The Kier molecular flexibility index (Phi) is 6.16. The number of nitrogens with zero attached hydrogens (tertiary/aromatic N) is 2. The first-order valence-corrected chi connectivity index (χ1v) is 7.82. The second-order valence-corrected chi connectivity index (χ2v) is 6.04. The summed E-state index contributed by atoms with van der Waals surface area (Å²) in [5.41, 5.74) is 0.760. The minimum absolute atomic E-state index is 0.168. The highest BCUT2D eigenvalue weighted by molar-refractivity contribution is 9.10. The van der Waals surface area contributed by atoms with Gasteiger partial charge in [0, 0.05) is 29.7 Å². The summed E-state index contributed by atoms with van der Waals surface area (Å²) in [4.78, 5) is 16.7. The molecule has 1 aromatic rings. The fourth-order valence-electron chi connectivity index (χ4n) is 2.50. The van der Waals surface area contributed by atoms with Gasteiger partial charge in [0.1, 0.15) is 0 Å². The molecule has 1 aliphatic rings. The van der Waals surface area contributed by atoms with Crippen LogP contribution >= 0.6 is 15.9 Å². The topological polar surface area (TPSA) is 43.8 Å². The van der Waals surface area contributed by atoms with Crippen molar-refractivity contribution in [2.75, 3.05) is 45.9 Å². The van der Waals surface area contributed by atoms with E-state index in [9.17, 15) is 4.79 Å². The van der Waals surface area contributed by atoms with Crippen LogP contribution in [0.2, 0.25) is 0 Å². The quantitative estimate of drug-likeness (QED) is 0.827. The van der Waals surface area contributed by atoms with Crippen LogP contribution in [0.3, 0.4) is 0 Å². The highest BCUT2D eigenvalue weighted by atomic mass is 79.9. The molecule has 1 fully saturated rings. The van der Waals surface area contributed by atoms with Gasteiger partial charge in [-0.05, 0) is 31.6 Å². The molecule has 0 amide bonds. The van der Waals surface area contributed by atoms with E-state index >= 15 is 0 Å². The molecule has 1 aliphatic heterocycles. The molecule has 2 rings (SSSR count). The van der Waals surface area contributed by atoms with Crippen molar-refractivity contribution in [1.29, 1.82) is 0 Å². The molecule has 0 unspecified atom stereocenters. The highest BCUT2D eigenvalue weighted by Crippen LogP contribution is 2.13. The van der Waals surface area contributed by atoms with Crippen LogP contribution in [0.25, 0.3) is 0 Å². The standard InChI is InChI=1S/C15H21BrN2O2/c16-14-4-1-3-13(11-14)15(20)12-18-6-2-5-17(7-8-18)9-10-19/h1,3-4,11,19H,2,5-10,12H2. The van der Waals surface area contributed by atoms with E-state index in [1.807, 2.05) is 24.3 Å². The van der Waals surface area contributed by atoms with Gasteiger partial charge in [-0.3, -0.25) is 14.6 Å². The Balaban J connectivity index is 1.88. The van der Waals surface area contributed by atoms with Crippen LogP contribution in [0, 0.1) is 0 Å². The lowest BCUT2D eigenvalue weighted by Gasteiger charge is -2.20. The van der Waals surface area contributed by atoms with E-state index in [1.54, 1.807) is 0 Å². The fourth-order valence-corrected chi connectivity index (χ4v) is 2.90. The van der Waals surface area contributed by atoms with Crippen molar-refractivity contribution in [2.24, 2.45) is 0 Å². The Labute approximate surface area is 128 Å². The lowest BCUT2D eigenvalue weighted by molar-refractivity contribution is 0.0932. The van der Waals surface area contributed by atoms with Gasteiger partial charge in [0.15, 0.2) is 5.78 Å². The first-order valence-electron chi connectivity index (χ1n) is 7.03. The number of Topliss-reactive ketones (excluding diaryl/α,β-unsaturated/α-hetero) is 1. The van der Waals surface area contributed by atoms with Crippen LogP contribution in [-0.2, 0) is 0 Å². The van der Waals surface area contributed by atoms with Crippen molar-refractivity contribution in [3.8, 4) is 0 Å². The summed E-state index contributed by atoms with van der Waals surface area (Å²) in [6.07, 6.45) is 1.05. The third kappa shape index (κ3) is 4.66. The van der Waals surface area contributed by atoms with E-state index in [4.69, 9.17) is 5.11 Å². The van der Waals surface area contributed by atoms with Crippen LogP contribution in [-0.4, -0.2) is 66.6 Å². The van der Waals surface area contributed by atoms with E-state index in [1.165, 1.54) is 0 Å². The highest BCUT2D eigenvalue weighted by Gasteiger charge is 2.17. The number of β-amino-alcohol motifs (C(OH)–C–C–N with tert-alkyl or cyclic N) is 1. The normalized spacial score (nSPS) is 17.9. The molecule has 0 radical (unpaired) electrons. The van der Waals surface area contributed by atoms with Crippen molar-refractivity contribution in [3.63, 3.8) is 0 Å². The summed E-state index contributed by atoms with van der Waals surface area (Å²) in [6, 6.07) is 7.55. The summed E-state index contributed by atoms with van der Waals surface area (Å²) < 4.78 is 0.938. The molecule has 1 aromatic carbocycles. The Hall–Kier alpha value is -0.750. The number of aliphatic hydroxyl groups is 1. The zero-order chi connectivity index (χ0) is 14.4. The average molecular weight is 341 g/mol. The number of carbonyl (C=O) groups excluding carboxylic acids is 1. The second-order valence-electron chi connectivity index (χ2n) is 5.13. The fraction of sp³-hybridized carbons (Fsp3) is 0.533. The number of aliphatic hydroxyl groups excluding tert-OH is 1. The minimum atomic E-state index is 0.168. The molecule has 20 heavy (non-hydrogen) atoms. The Morgan fingerprint density at radius 3 is 2.70 bits per heavy atom. The van der Waals surface area contributed by atoms with E-state index in [2.05, 4.69) is 25.7 Å². The van der Waals surface area contributed by atoms with Crippen molar-refractivity contribution >= 4 is 21.7 Å². The maximum atomic E-state index is 12.3. The largest absolute Gasteiger partial charge is 0.395 e. The Bertz CT molecular complexity index is 453. The molecule has 4 nitrogen and oxygen atoms in total. The number of rotatable bonds is 5. The van der Waals surface area contributed by atoms with E-state index < -0.39 is 0 Å². The molecule has 110 valence electrons. The van der Waals surface area contributed by atoms with Gasteiger partial charge in [-0.1, -0.05) is 28.1 Å². The molecule has 0 bridgehead atoms. The van der Waals surface area contributed by atoms with Crippen LogP contribution in [0.15, 0.2) is 28.7 Å². The molecule has 0 saturated carbocycles. The predicted molar refractivity (Wildman–Crippen MR) is 83.1 cm³/mol. The van der Waals surface area contributed by atoms with E-state index in [-0.39, 0.29) is 12.4 Å². The summed E-state index contributed by atoms with van der Waals surface area (Å²) in [5, 5.41) is 8.98. The molecular weight excluding hydrogens is 320 g/mol. The van der Waals surface area contributed by atoms with Gasteiger partial charge in [0.25, 0.3) is 0 Å². The smallest absolute Gasteiger partial charge is 0.176 e. The monoisotopic (exact) mass is 340 g/mol. The molecule has 1 heterocycles. The SMILES string of the molecule is O=C(CN1CCCN(CCO)CC1)c1cccc(Br)c1. The third-order valence-corrected chi connectivity index (χ3v) is 4.10. The van der Waals surface area contributed by atoms with Gasteiger partial charge in [-0.25, -0.2) is 0 Å². The van der Waals surface area contributed by atoms with Crippen molar-refractivity contribution in [2.45, 2.75) is 6.42 Å². The van der Waals surface area contributed by atoms with Crippen molar-refractivity contribution in [3.05, 3.63) is 34.3 Å². The van der Waals surface area contributed by atoms with Gasteiger partial charge in [-0.2, -0.15) is 0 Å². The van der Waals surface area contributed by atoms with Crippen molar-refractivity contribution < 1.29 is 9.90 Å². The number of halogens is 1. The second kappa shape index (κ2) is 7.88. The number of hydrogen-bond donors (Lipinski definition) is 1. The summed E-state index contributed by atoms with van der Waals surface area (Å²) in [5.74, 6) is 0.168. The van der Waals surface area contributed by atoms with E-state index in [0.717, 1.165) is 49.2 Å². The van der Waals surface area contributed by atoms with Gasteiger partial charge in [-0.15, -0.1) is 0 Å². The average Bonchev–Trinajstić information content (AvgIpc) is 2.65. The van der Waals surface area contributed by atoms with Gasteiger partial charge < -0.3 is 5.11 Å². The predicted octanol–water partition coefficient (Wildman–Crippen LogP) is 1.63.